The lowest BCUT2D eigenvalue weighted by Gasteiger charge is -2.32. The summed E-state index contributed by atoms with van der Waals surface area (Å²) < 4.78 is 5.42. The van der Waals surface area contributed by atoms with Crippen LogP contribution in [0.5, 0.6) is 0 Å². The molecule has 0 bridgehead atoms. The Hall–Kier alpha value is -2.11. The molecular formula is C22H39IN6O3. The van der Waals surface area contributed by atoms with Gasteiger partial charge in [0, 0.05) is 32.0 Å². The molecule has 10 heteroatoms. The fourth-order valence-electron chi connectivity index (χ4n) is 2.74. The van der Waals surface area contributed by atoms with Gasteiger partial charge in [0.2, 0.25) is 0 Å². The van der Waals surface area contributed by atoms with Crippen LogP contribution in [0.1, 0.15) is 64.7 Å². The van der Waals surface area contributed by atoms with Gasteiger partial charge in [-0.15, -0.1) is 24.0 Å². The Kier molecular flexibility index (Phi) is 13.9. The van der Waals surface area contributed by atoms with E-state index in [2.05, 4.69) is 31.2 Å². The maximum atomic E-state index is 12.3. The summed E-state index contributed by atoms with van der Waals surface area (Å²) in [7, 11) is 0. The second-order valence-electron chi connectivity index (χ2n) is 8.23. The molecule has 0 radical (unpaired) electrons. The van der Waals surface area contributed by atoms with Crippen molar-refractivity contribution in [1.29, 1.82) is 0 Å². The minimum absolute atomic E-state index is 0. The van der Waals surface area contributed by atoms with Gasteiger partial charge in [0.15, 0.2) is 5.96 Å². The molecule has 0 saturated heterocycles. The lowest BCUT2D eigenvalue weighted by molar-refractivity contribution is 0.0451. The Morgan fingerprint density at radius 3 is 2.25 bits per heavy atom. The zero-order valence-corrected chi connectivity index (χ0v) is 22.4. The Balaban J connectivity index is 0.00000961. The van der Waals surface area contributed by atoms with Crippen molar-refractivity contribution in [2.75, 3.05) is 26.2 Å². The number of hydrogen-bond donors (Lipinski definition) is 4. The van der Waals surface area contributed by atoms with E-state index in [1.165, 1.54) is 6.20 Å². The number of aliphatic imine (C=N–C) groups is 1. The highest BCUT2D eigenvalue weighted by Crippen LogP contribution is 2.17. The smallest absolute Gasteiger partial charge is 0.408 e. The molecule has 4 N–H and O–H groups in total. The molecule has 0 unspecified atom stereocenters. The monoisotopic (exact) mass is 562 g/mol. The first kappa shape index (κ1) is 29.9. The third-order valence-electron chi connectivity index (χ3n) is 4.63. The molecule has 32 heavy (non-hydrogen) atoms. The third-order valence-corrected chi connectivity index (χ3v) is 4.63. The summed E-state index contributed by atoms with van der Waals surface area (Å²) in [5, 5.41) is 12.2. The van der Waals surface area contributed by atoms with Crippen LogP contribution in [0.25, 0.3) is 0 Å². The van der Waals surface area contributed by atoms with Gasteiger partial charge in [-0.1, -0.05) is 13.8 Å². The van der Waals surface area contributed by atoms with Gasteiger partial charge in [0.25, 0.3) is 5.91 Å². The molecule has 0 spiro atoms. The number of hydrogen-bond acceptors (Lipinski definition) is 5. The van der Waals surface area contributed by atoms with E-state index in [0.717, 1.165) is 0 Å². The van der Waals surface area contributed by atoms with Crippen molar-refractivity contribution in [1.82, 2.24) is 26.3 Å². The lowest BCUT2D eigenvalue weighted by atomic mass is 9.93. The number of rotatable bonds is 10. The van der Waals surface area contributed by atoms with E-state index in [-0.39, 0.29) is 29.9 Å². The molecule has 1 heterocycles. The summed E-state index contributed by atoms with van der Waals surface area (Å²) in [6, 6.07) is 3.44. The first-order valence-corrected chi connectivity index (χ1v) is 10.9. The van der Waals surface area contributed by atoms with E-state index < -0.39 is 17.2 Å². The second kappa shape index (κ2) is 14.9. The number of halogens is 1. The maximum Gasteiger partial charge on any atom is 0.408 e. The zero-order valence-electron chi connectivity index (χ0n) is 20.1. The zero-order chi connectivity index (χ0) is 23.3. The first-order valence-electron chi connectivity index (χ1n) is 10.9. The van der Waals surface area contributed by atoms with E-state index >= 15 is 0 Å². The predicted octanol–water partition coefficient (Wildman–Crippen LogP) is 3.07. The Bertz CT molecular complexity index is 718. The van der Waals surface area contributed by atoms with Crippen LogP contribution in [0.3, 0.4) is 0 Å². The molecule has 0 saturated carbocycles. The van der Waals surface area contributed by atoms with E-state index in [1.54, 1.807) is 18.3 Å². The van der Waals surface area contributed by atoms with Crippen LogP contribution in [-0.4, -0.2) is 60.3 Å². The minimum Gasteiger partial charge on any atom is -0.444 e. The van der Waals surface area contributed by atoms with Gasteiger partial charge >= 0.3 is 6.09 Å². The molecule has 1 aromatic rings. The number of guanidine groups is 1. The Labute approximate surface area is 209 Å². The molecule has 0 atom stereocenters. The number of aromatic nitrogens is 1. The van der Waals surface area contributed by atoms with Gasteiger partial charge in [-0.25, -0.2) is 4.79 Å². The molecule has 0 aromatic carbocycles. The van der Waals surface area contributed by atoms with Gasteiger partial charge in [-0.05, 0) is 52.7 Å². The van der Waals surface area contributed by atoms with Gasteiger partial charge in [0.1, 0.15) is 5.60 Å². The summed E-state index contributed by atoms with van der Waals surface area (Å²) in [5.41, 5.74) is -0.539. The summed E-state index contributed by atoms with van der Waals surface area (Å²) in [6.07, 6.45) is 4.14. The van der Waals surface area contributed by atoms with E-state index in [9.17, 15) is 9.59 Å². The minimum atomic E-state index is -0.558. The topological polar surface area (TPSA) is 117 Å². The number of alkyl carbamates (subject to hydrolysis) is 1. The summed E-state index contributed by atoms with van der Waals surface area (Å²) in [6.45, 7) is 13.6. The van der Waals surface area contributed by atoms with Crippen molar-refractivity contribution in [3.63, 3.8) is 0 Å². The number of carbonyl (C=O) groups excluding carboxylic acids is 2. The molecule has 0 fully saturated rings. The average Bonchev–Trinajstić information content (AvgIpc) is 2.73. The molecular weight excluding hydrogens is 523 g/mol. The van der Waals surface area contributed by atoms with Gasteiger partial charge in [-0.3, -0.25) is 14.8 Å². The number of pyridine rings is 1. The lowest BCUT2D eigenvalue weighted by Crippen LogP contribution is -2.52. The highest BCUT2D eigenvalue weighted by Gasteiger charge is 2.30. The Morgan fingerprint density at radius 1 is 1.06 bits per heavy atom. The summed E-state index contributed by atoms with van der Waals surface area (Å²) in [5.74, 6) is 0.449. The molecule has 9 nitrogen and oxygen atoms in total. The SMILES string of the molecule is CCNC(=NCC(CC)(CC)NC(=O)OC(C)(C)C)NCCNC(=O)c1cccnc1.I. The van der Waals surface area contributed by atoms with Crippen molar-refractivity contribution >= 4 is 41.9 Å². The van der Waals surface area contributed by atoms with Gasteiger partial charge in [0.05, 0.1) is 17.6 Å². The molecule has 0 aliphatic carbocycles. The van der Waals surface area contributed by atoms with Gasteiger partial charge < -0.3 is 26.0 Å². The number of ether oxygens (including phenoxy) is 1. The van der Waals surface area contributed by atoms with Crippen molar-refractivity contribution in [2.45, 2.75) is 65.5 Å². The molecule has 1 rings (SSSR count). The standard InChI is InChI=1S/C22H38N6O3.HI/c1-7-22(8-2,28-20(30)31-21(4,5)6)16-27-19(24-9-3)26-14-13-25-18(29)17-11-10-12-23-15-17;/h10-12,15H,7-9,13-14,16H2,1-6H3,(H,25,29)(H,28,30)(H2,24,26,27);1H. The summed E-state index contributed by atoms with van der Waals surface area (Å²) in [4.78, 5) is 33.0. The maximum absolute atomic E-state index is 12.3. The number of nitrogens with one attached hydrogen (secondary N) is 4. The van der Waals surface area contributed by atoms with Crippen molar-refractivity contribution in [3.8, 4) is 0 Å². The van der Waals surface area contributed by atoms with Crippen LogP contribution in [-0.2, 0) is 4.74 Å². The van der Waals surface area contributed by atoms with Crippen LogP contribution in [0.15, 0.2) is 29.5 Å². The second-order valence-corrected chi connectivity index (χ2v) is 8.23. The van der Waals surface area contributed by atoms with E-state index in [1.807, 2.05) is 41.5 Å². The highest BCUT2D eigenvalue weighted by atomic mass is 127. The average molecular weight is 562 g/mol. The number of carbonyl (C=O) groups is 2. The fourth-order valence-corrected chi connectivity index (χ4v) is 2.74. The molecule has 2 amide bonds. The normalized spacial score (nSPS) is 11.8. The van der Waals surface area contributed by atoms with Crippen LogP contribution in [0, 0.1) is 0 Å². The van der Waals surface area contributed by atoms with E-state index in [0.29, 0.717) is 50.5 Å². The number of amides is 2. The predicted molar refractivity (Wildman–Crippen MR) is 139 cm³/mol. The molecule has 1 aromatic heterocycles. The van der Waals surface area contributed by atoms with Crippen LogP contribution in [0.2, 0.25) is 0 Å². The first-order chi connectivity index (χ1) is 14.6. The largest absolute Gasteiger partial charge is 0.444 e. The molecule has 0 aliphatic heterocycles. The van der Waals surface area contributed by atoms with Gasteiger partial charge in [-0.2, -0.15) is 0 Å². The Morgan fingerprint density at radius 2 is 1.72 bits per heavy atom. The van der Waals surface area contributed by atoms with Crippen LogP contribution in [0.4, 0.5) is 4.79 Å². The van der Waals surface area contributed by atoms with Crippen molar-refractivity contribution in [3.05, 3.63) is 30.1 Å². The molecule has 182 valence electrons. The van der Waals surface area contributed by atoms with Crippen LogP contribution >= 0.6 is 24.0 Å². The highest BCUT2D eigenvalue weighted by molar-refractivity contribution is 14.0. The van der Waals surface area contributed by atoms with Crippen molar-refractivity contribution < 1.29 is 14.3 Å². The van der Waals surface area contributed by atoms with Crippen LogP contribution < -0.4 is 21.3 Å². The molecule has 0 aliphatic rings. The van der Waals surface area contributed by atoms with Crippen molar-refractivity contribution in [2.24, 2.45) is 4.99 Å². The number of nitrogens with zero attached hydrogens (tertiary/aromatic N) is 2. The van der Waals surface area contributed by atoms with E-state index in [4.69, 9.17) is 4.74 Å². The third kappa shape index (κ3) is 11.5. The quantitative estimate of drug-likeness (QED) is 0.151. The summed E-state index contributed by atoms with van der Waals surface area (Å²) >= 11 is 0. The fraction of sp³-hybridized carbons (Fsp3) is 0.636.